The van der Waals surface area contributed by atoms with Gasteiger partial charge in [0.05, 0.1) is 11.6 Å². The van der Waals surface area contributed by atoms with Crippen molar-refractivity contribution in [3.05, 3.63) is 54.4 Å². The molecule has 1 aliphatic heterocycles. The fraction of sp³-hybridized carbons (Fsp3) is 0.417. The molecule has 2 fully saturated rings. The number of benzene rings is 1. The molecule has 28 heavy (non-hydrogen) atoms. The number of cyclic esters (lactones) is 1. The minimum Gasteiger partial charge on any atom is -0.462 e. The van der Waals surface area contributed by atoms with Crippen molar-refractivity contribution in [2.45, 2.75) is 33.3 Å². The molecule has 1 saturated heterocycles. The molecular formula is C24H28NO2P. The van der Waals surface area contributed by atoms with Gasteiger partial charge in [0.1, 0.15) is 6.10 Å². The summed E-state index contributed by atoms with van der Waals surface area (Å²) < 4.78 is 5.57. The predicted octanol–water partition coefficient (Wildman–Crippen LogP) is 4.73. The summed E-state index contributed by atoms with van der Waals surface area (Å²) in [6.45, 7) is 6.60. The minimum absolute atomic E-state index is 0.00312. The van der Waals surface area contributed by atoms with E-state index in [0.717, 1.165) is 17.7 Å². The van der Waals surface area contributed by atoms with Crippen molar-refractivity contribution in [1.82, 2.24) is 4.98 Å². The molecule has 1 aliphatic carbocycles. The quantitative estimate of drug-likeness (QED) is 0.559. The van der Waals surface area contributed by atoms with Crippen LogP contribution in [0, 0.1) is 29.6 Å². The van der Waals surface area contributed by atoms with Crippen molar-refractivity contribution in [2.75, 3.05) is 0 Å². The summed E-state index contributed by atoms with van der Waals surface area (Å²) >= 11 is 0. The van der Waals surface area contributed by atoms with Crippen LogP contribution in [-0.2, 0) is 9.53 Å². The second-order valence-electron chi connectivity index (χ2n) is 8.43. The van der Waals surface area contributed by atoms with Crippen LogP contribution in [0.15, 0.2) is 48.7 Å². The molecule has 4 rings (SSSR count). The van der Waals surface area contributed by atoms with Crippen molar-refractivity contribution in [2.24, 2.45) is 29.6 Å². The molecule has 0 amide bonds. The van der Waals surface area contributed by atoms with Crippen LogP contribution in [0.1, 0.15) is 32.9 Å². The number of rotatable bonds is 3. The van der Waals surface area contributed by atoms with Crippen molar-refractivity contribution in [1.29, 1.82) is 0 Å². The summed E-state index contributed by atoms with van der Waals surface area (Å²) in [6, 6.07) is 12.5. The molecule has 1 aromatic heterocycles. The lowest BCUT2D eigenvalue weighted by molar-refractivity contribution is -0.144. The maximum atomic E-state index is 12.2. The highest BCUT2D eigenvalue weighted by Gasteiger charge is 2.51. The molecule has 6 unspecified atom stereocenters. The van der Waals surface area contributed by atoms with Gasteiger partial charge >= 0.3 is 5.97 Å². The number of carbonyl (C=O) groups is 1. The molecular weight excluding hydrogens is 365 g/mol. The Bertz CT molecular complexity index is 892. The van der Waals surface area contributed by atoms with Gasteiger partial charge in [0.15, 0.2) is 0 Å². The average Bonchev–Trinajstić information content (AvgIpc) is 2.96. The second-order valence-corrected chi connectivity index (χ2v) is 9.10. The normalized spacial score (nSPS) is 32.4. The van der Waals surface area contributed by atoms with Crippen LogP contribution in [-0.4, -0.2) is 17.1 Å². The number of hydrogen-bond acceptors (Lipinski definition) is 3. The third-order valence-electron chi connectivity index (χ3n) is 6.68. The van der Waals surface area contributed by atoms with E-state index in [1.54, 1.807) is 0 Å². The monoisotopic (exact) mass is 393 g/mol. The highest BCUT2D eigenvalue weighted by molar-refractivity contribution is 7.27. The van der Waals surface area contributed by atoms with Crippen molar-refractivity contribution in [3.63, 3.8) is 0 Å². The zero-order valence-corrected chi connectivity index (χ0v) is 17.9. The Kier molecular flexibility index (Phi) is 5.38. The van der Waals surface area contributed by atoms with E-state index < -0.39 is 0 Å². The zero-order valence-electron chi connectivity index (χ0n) is 16.7. The van der Waals surface area contributed by atoms with E-state index in [-0.39, 0.29) is 23.9 Å². The Morgan fingerprint density at radius 2 is 1.96 bits per heavy atom. The molecule has 0 bridgehead atoms. The van der Waals surface area contributed by atoms with Crippen molar-refractivity contribution in [3.8, 4) is 11.1 Å². The van der Waals surface area contributed by atoms with Crippen LogP contribution in [0.4, 0.5) is 0 Å². The van der Waals surface area contributed by atoms with Crippen LogP contribution in [0.3, 0.4) is 0 Å². The molecule has 2 heterocycles. The first-order valence-electron chi connectivity index (χ1n) is 10.1. The summed E-state index contributed by atoms with van der Waals surface area (Å²) in [6.07, 6.45) is 7.25. The van der Waals surface area contributed by atoms with Gasteiger partial charge < -0.3 is 4.74 Å². The van der Waals surface area contributed by atoms with E-state index in [1.165, 1.54) is 10.9 Å². The summed E-state index contributed by atoms with van der Waals surface area (Å²) in [5, 5.41) is 1.17. The second kappa shape index (κ2) is 7.79. The molecule has 0 radical (unpaired) electrons. The van der Waals surface area contributed by atoms with Crippen LogP contribution < -0.4 is 5.30 Å². The van der Waals surface area contributed by atoms with E-state index in [0.29, 0.717) is 17.8 Å². The summed E-state index contributed by atoms with van der Waals surface area (Å²) in [4.78, 5) is 16.9. The van der Waals surface area contributed by atoms with Crippen LogP contribution in [0.2, 0.25) is 0 Å². The molecule has 4 heteroatoms. The molecule has 2 aliphatic rings. The van der Waals surface area contributed by atoms with Gasteiger partial charge in [-0.05, 0) is 60.2 Å². The predicted molar refractivity (Wildman–Crippen MR) is 117 cm³/mol. The first-order valence-corrected chi connectivity index (χ1v) is 10.7. The van der Waals surface area contributed by atoms with Crippen LogP contribution >= 0.6 is 9.24 Å². The van der Waals surface area contributed by atoms with Gasteiger partial charge in [-0.25, -0.2) is 0 Å². The minimum atomic E-state index is -0.00607. The Morgan fingerprint density at radius 1 is 1.14 bits per heavy atom. The molecule has 2 aromatic rings. The van der Waals surface area contributed by atoms with Gasteiger partial charge in [0.2, 0.25) is 0 Å². The number of esters is 1. The van der Waals surface area contributed by atoms with E-state index >= 15 is 0 Å². The van der Waals surface area contributed by atoms with Crippen LogP contribution in [0.25, 0.3) is 17.2 Å². The largest absolute Gasteiger partial charge is 0.462 e. The number of pyridine rings is 1. The third kappa shape index (κ3) is 3.65. The Labute approximate surface area is 169 Å². The maximum absolute atomic E-state index is 12.2. The molecule has 0 spiro atoms. The fourth-order valence-corrected chi connectivity index (χ4v) is 5.21. The smallest absolute Gasteiger partial charge is 0.309 e. The molecule has 3 nitrogen and oxygen atoms in total. The topological polar surface area (TPSA) is 39.2 Å². The Hall–Kier alpha value is -1.99. The highest BCUT2D eigenvalue weighted by atomic mass is 31.0. The molecule has 1 saturated carbocycles. The van der Waals surface area contributed by atoms with Crippen molar-refractivity contribution >= 4 is 26.6 Å². The fourth-order valence-electron chi connectivity index (χ4n) is 4.92. The highest BCUT2D eigenvalue weighted by Crippen LogP contribution is 2.48. The average molecular weight is 393 g/mol. The number of fused-ring (bicyclic) bond motifs is 1. The van der Waals surface area contributed by atoms with Crippen molar-refractivity contribution < 1.29 is 9.53 Å². The number of nitrogens with zero attached hydrogens (tertiary/aromatic N) is 1. The van der Waals surface area contributed by atoms with Gasteiger partial charge in [-0.15, -0.1) is 9.24 Å². The summed E-state index contributed by atoms with van der Waals surface area (Å²) in [5.74, 6) is 1.70. The zero-order chi connectivity index (χ0) is 19.8. The third-order valence-corrected chi connectivity index (χ3v) is 7.04. The standard InChI is InChI=1S/C24H28NO2P/c1-14-11-22-23(16(3)27-24(22)26)21(15(14)2)10-9-19-8-7-18(13-25-19)17-5-4-6-20(28)12-17/h4-10,12-16,21-23H,11,28H2,1-3H3/b10-9+/t14?,15?,16?,21-,22?,23?/m0/s1. The summed E-state index contributed by atoms with van der Waals surface area (Å²) in [7, 11) is 2.73. The SMILES string of the molecule is CC1CC2C(=O)OC(C)C2[C@@H](/C=C/c2ccc(-c3cccc(P)c3)cn2)C1C. The van der Waals surface area contributed by atoms with Crippen LogP contribution in [0.5, 0.6) is 0 Å². The first kappa shape index (κ1) is 19.3. The van der Waals surface area contributed by atoms with Gasteiger partial charge in [-0.3, -0.25) is 9.78 Å². The van der Waals surface area contributed by atoms with Gasteiger partial charge in [-0.2, -0.15) is 0 Å². The Balaban J connectivity index is 1.55. The summed E-state index contributed by atoms with van der Waals surface area (Å²) in [5.41, 5.74) is 3.23. The molecule has 0 N–H and O–H groups in total. The molecule has 146 valence electrons. The van der Waals surface area contributed by atoms with E-state index in [9.17, 15) is 4.79 Å². The Morgan fingerprint density at radius 3 is 2.68 bits per heavy atom. The van der Waals surface area contributed by atoms with E-state index in [1.807, 2.05) is 13.1 Å². The lowest BCUT2D eigenvalue weighted by atomic mass is 9.62. The van der Waals surface area contributed by atoms with Gasteiger partial charge in [0, 0.05) is 17.7 Å². The number of allylic oxidation sites excluding steroid dienone is 1. The maximum Gasteiger partial charge on any atom is 0.309 e. The molecule has 1 aromatic carbocycles. The van der Waals surface area contributed by atoms with Gasteiger partial charge in [0.25, 0.3) is 0 Å². The van der Waals surface area contributed by atoms with E-state index in [4.69, 9.17) is 4.74 Å². The van der Waals surface area contributed by atoms with Gasteiger partial charge in [-0.1, -0.05) is 44.2 Å². The molecule has 7 atom stereocenters. The number of carbonyl (C=O) groups excluding carboxylic acids is 1. The van der Waals surface area contributed by atoms with E-state index in [2.05, 4.69) is 76.6 Å². The first-order chi connectivity index (χ1) is 13.4. The number of ether oxygens (including phenoxy) is 1. The lowest BCUT2D eigenvalue weighted by Gasteiger charge is -2.40. The number of aromatic nitrogens is 1. The lowest BCUT2D eigenvalue weighted by Crippen LogP contribution is -2.39. The number of hydrogen-bond donors (Lipinski definition) is 0.